The van der Waals surface area contributed by atoms with Gasteiger partial charge in [0.2, 0.25) is 0 Å². The van der Waals surface area contributed by atoms with Crippen LogP contribution < -0.4 is 5.32 Å². The highest BCUT2D eigenvalue weighted by molar-refractivity contribution is 9.10. The molecule has 0 aliphatic carbocycles. The third kappa shape index (κ3) is 2.97. The van der Waals surface area contributed by atoms with Crippen LogP contribution in [0.1, 0.15) is 33.9 Å². The van der Waals surface area contributed by atoms with Crippen LogP contribution in [0.4, 0.5) is 0 Å². The van der Waals surface area contributed by atoms with Gasteiger partial charge in [-0.15, -0.1) is 11.3 Å². The smallest absolute Gasteiger partial charge is 0.252 e. The molecule has 94 valence electrons. The zero-order chi connectivity index (χ0) is 13.1. The van der Waals surface area contributed by atoms with Crippen molar-refractivity contribution in [2.45, 2.75) is 19.9 Å². The number of thiazole rings is 1. The molecule has 2 rings (SSSR count). The lowest BCUT2D eigenvalue weighted by Gasteiger charge is -2.12. The molecule has 0 aliphatic heterocycles. The van der Waals surface area contributed by atoms with Gasteiger partial charge in [-0.2, -0.15) is 0 Å². The van der Waals surface area contributed by atoms with E-state index in [9.17, 15) is 4.79 Å². The van der Waals surface area contributed by atoms with E-state index in [4.69, 9.17) is 0 Å². The molecule has 18 heavy (non-hydrogen) atoms. The van der Waals surface area contributed by atoms with E-state index < -0.39 is 0 Å². The molecule has 2 aromatic rings. The predicted molar refractivity (Wildman–Crippen MR) is 76.9 cm³/mol. The Hall–Kier alpha value is -1.20. The summed E-state index contributed by atoms with van der Waals surface area (Å²) in [5, 5.41) is 5.76. The van der Waals surface area contributed by atoms with Gasteiger partial charge in [-0.1, -0.05) is 11.6 Å². The van der Waals surface area contributed by atoms with Crippen LogP contribution in [0, 0.1) is 6.92 Å². The Labute approximate surface area is 118 Å². The lowest BCUT2D eigenvalue weighted by atomic mass is 10.1. The molecule has 1 unspecified atom stereocenters. The van der Waals surface area contributed by atoms with Crippen LogP contribution in [0.5, 0.6) is 0 Å². The van der Waals surface area contributed by atoms with Crippen LogP contribution in [0.2, 0.25) is 0 Å². The molecule has 1 atom stereocenters. The average molecular weight is 325 g/mol. The van der Waals surface area contributed by atoms with E-state index in [1.54, 1.807) is 6.20 Å². The summed E-state index contributed by atoms with van der Waals surface area (Å²) in [5.41, 5.74) is 1.71. The minimum absolute atomic E-state index is 0.0788. The van der Waals surface area contributed by atoms with Gasteiger partial charge in [0.25, 0.3) is 5.91 Å². The van der Waals surface area contributed by atoms with Gasteiger partial charge < -0.3 is 5.32 Å². The standard InChI is InChI=1S/C13H13BrN2OS/c1-8-3-4-11(14)10(7-8)12(17)16-9(2)13-15-5-6-18-13/h3-7,9H,1-2H3,(H,16,17). The van der Waals surface area contributed by atoms with Crippen LogP contribution in [0.25, 0.3) is 0 Å². The summed E-state index contributed by atoms with van der Waals surface area (Å²) in [5.74, 6) is -0.0896. The van der Waals surface area contributed by atoms with Crippen molar-refractivity contribution in [3.05, 3.63) is 50.4 Å². The van der Waals surface area contributed by atoms with Crippen molar-refractivity contribution in [2.24, 2.45) is 0 Å². The van der Waals surface area contributed by atoms with Gasteiger partial charge in [0, 0.05) is 16.0 Å². The number of aromatic nitrogens is 1. The Morgan fingerprint density at radius 2 is 2.28 bits per heavy atom. The molecular formula is C13H13BrN2OS. The van der Waals surface area contributed by atoms with Crippen molar-refractivity contribution in [1.82, 2.24) is 10.3 Å². The van der Waals surface area contributed by atoms with Crippen molar-refractivity contribution in [3.8, 4) is 0 Å². The van der Waals surface area contributed by atoms with Gasteiger partial charge >= 0.3 is 0 Å². The second kappa shape index (κ2) is 5.63. The quantitative estimate of drug-likeness (QED) is 0.935. The van der Waals surface area contributed by atoms with Crippen LogP contribution in [-0.4, -0.2) is 10.9 Å². The molecule has 0 radical (unpaired) electrons. The van der Waals surface area contributed by atoms with Crippen molar-refractivity contribution < 1.29 is 4.79 Å². The Balaban J connectivity index is 2.15. The molecule has 1 amide bonds. The van der Waals surface area contributed by atoms with Gasteiger partial charge in [0.15, 0.2) is 0 Å². The summed E-state index contributed by atoms with van der Waals surface area (Å²) in [7, 11) is 0. The molecule has 1 heterocycles. The summed E-state index contributed by atoms with van der Waals surface area (Å²) in [6.07, 6.45) is 1.74. The zero-order valence-electron chi connectivity index (χ0n) is 10.1. The molecule has 0 saturated carbocycles. The number of hydrogen-bond donors (Lipinski definition) is 1. The predicted octanol–water partition coefficient (Wildman–Crippen LogP) is 3.71. The summed E-state index contributed by atoms with van der Waals surface area (Å²) < 4.78 is 0.803. The first kappa shape index (κ1) is 13.2. The number of amides is 1. The molecular weight excluding hydrogens is 312 g/mol. The number of nitrogens with one attached hydrogen (secondary N) is 1. The van der Waals surface area contributed by atoms with E-state index in [2.05, 4.69) is 26.2 Å². The first-order valence-corrected chi connectivity index (χ1v) is 7.21. The molecule has 1 N–H and O–H groups in total. The highest BCUT2D eigenvalue weighted by Gasteiger charge is 2.15. The van der Waals surface area contributed by atoms with Gasteiger partial charge in [0.1, 0.15) is 5.01 Å². The fourth-order valence-corrected chi connectivity index (χ4v) is 2.67. The maximum Gasteiger partial charge on any atom is 0.252 e. The number of rotatable bonds is 3. The normalized spacial score (nSPS) is 12.2. The van der Waals surface area contributed by atoms with E-state index in [1.165, 1.54) is 11.3 Å². The first-order valence-electron chi connectivity index (χ1n) is 5.54. The summed E-state index contributed by atoms with van der Waals surface area (Å²) in [6, 6.07) is 5.64. The van der Waals surface area contributed by atoms with Crippen LogP contribution in [0.3, 0.4) is 0 Å². The van der Waals surface area contributed by atoms with Crippen molar-refractivity contribution in [1.29, 1.82) is 0 Å². The summed E-state index contributed by atoms with van der Waals surface area (Å²) in [4.78, 5) is 16.4. The molecule has 1 aromatic carbocycles. The third-order valence-electron chi connectivity index (χ3n) is 2.54. The maximum absolute atomic E-state index is 12.2. The lowest BCUT2D eigenvalue weighted by Crippen LogP contribution is -2.26. The number of hydrogen-bond acceptors (Lipinski definition) is 3. The lowest BCUT2D eigenvalue weighted by molar-refractivity contribution is 0.0939. The molecule has 0 saturated heterocycles. The van der Waals surface area contributed by atoms with Gasteiger partial charge in [-0.05, 0) is 41.9 Å². The fourth-order valence-electron chi connectivity index (χ4n) is 1.60. The van der Waals surface area contributed by atoms with E-state index in [0.717, 1.165) is 15.0 Å². The molecule has 0 spiro atoms. The Kier molecular flexibility index (Phi) is 4.14. The fraction of sp³-hybridized carbons (Fsp3) is 0.231. The van der Waals surface area contributed by atoms with E-state index in [1.807, 2.05) is 37.4 Å². The van der Waals surface area contributed by atoms with Crippen LogP contribution in [-0.2, 0) is 0 Å². The molecule has 5 heteroatoms. The number of carbonyl (C=O) groups excluding carboxylic acids is 1. The van der Waals surface area contributed by atoms with Crippen LogP contribution >= 0.6 is 27.3 Å². The number of aryl methyl sites for hydroxylation is 1. The highest BCUT2D eigenvalue weighted by Crippen LogP contribution is 2.20. The minimum Gasteiger partial charge on any atom is -0.343 e. The van der Waals surface area contributed by atoms with E-state index >= 15 is 0 Å². The van der Waals surface area contributed by atoms with Crippen molar-refractivity contribution in [2.75, 3.05) is 0 Å². The number of nitrogens with zero attached hydrogens (tertiary/aromatic N) is 1. The van der Waals surface area contributed by atoms with E-state index in [0.29, 0.717) is 5.56 Å². The zero-order valence-corrected chi connectivity index (χ0v) is 12.5. The van der Waals surface area contributed by atoms with Crippen LogP contribution in [0.15, 0.2) is 34.2 Å². The first-order chi connectivity index (χ1) is 8.58. The van der Waals surface area contributed by atoms with Crippen molar-refractivity contribution >= 4 is 33.2 Å². The molecule has 0 fully saturated rings. The number of halogens is 1. The maximum atomic E-state index is 12.2. The van der Waals surface area contributed by atoms with E-state index in [-0.39, 0.29) is 11.9 Å². The monoisotopic (exact) mass is 324 g/mol. The van der Waals surface area contributed by atoms with Gasteiger partial charge in [0.05, 0.1) is 11.6 Å². The number of benzene rings is 1. The number of carbonyl (C=O) groups is 1. The molecule has 0 bridgehead atoms. The van der Waals surface area contributed by atoms with Gasteiger partial charge in [-0.25, -0.2) is 4.98 Å². The minimum atomic E-state index is -0.0896. The summed E-state index contributed by atoms with van der Waals surface area (Å²) >= 11 is 4.93. The second-order valence-electron chi connectivity index (χ2n) is 4.05. The Morgan fingerprint density at radius 3 is 2.94 bits per heavy atom. The molecule has 1 aromatic heterocycles. The Bertz CT molecular complexity index is 554. The molecule has 0 aliphatic rings. The average Bonchev–Trinajstić information content (AvgIpc) is 2.85. The summed E-state index contributed by atoms with van der Waals surface area (Å²) in [6.45, 7) is 3.90. The topological polar surface area (TPSA) is 42.0 Å². The van der Waals surface area contributed by atoms with Gasteiger partial charge in [-0.3, -0.25) is 4.79 Å². The van der Waals surface area contributed by atoms with Crippen molar-refractivity contribution in [3.63, 3.8) is 0 Å². The Morgan fingerprint density at radius 1 is 1.50 bits per heavy atom. The second-order valence-corrected chi connectivity index (χ2v) is 5.83. The largest absolute Gasteiger partial charge is 0.343 e. The molecule has 3 nitrogen and oxygen atoms in total. The highest BCUT2D eigenvalue weighted by atomic mass is 79.9. The SMILES string of the molecule is Cc1ccc(Br)c(C(=O)NC(C)c2nccs2)c1. The third-order valence-corrected chi connectivity index (χ3v) is 4.19.